The van der Waals surface area contributed by atoms with E-state index in [0.29, 0.717) is 44.9 Å². The van der Waals surface area contributed by atoms with E-state index in [1.165, 1.54) is 18.2 Å². The zero-order chi connectivity index (χ0) is 32.0. The molecule has 5 amide bonds. The molecule has 0 radical (unpaired) electrons. The molecular weight excluding hydrogens is 698 g/mol. The van der Waals surface area contributed by atoms with Crippen LogP contribution in [0.1, 0.15) is 37.0 Å². The maximum atomic E-state index is 13.7. The van der Waals surface area contributed by atoms with E-state index in [2.05, 4.69) is 42.5 Å². The molecule has 2 N–H and O–H groups in total. The van der Waals surface area contributed by atoms with Gasteiger partial charge in [0.05, 0.1) is 23.4 Å². The van der Waals surface area contributed by atoms with Crippen molar-refractivity contribution in [3.63, 3.8) is 0 Å². The van der Waals surface area contributed by atoms with Crippen LogP contribution in [0.25, 0.3) is 6.08 Å². The number of hydrogen-bond acceptors (Lipinski definition) is 7. The van der Waals surface area contributed by atoms with Gasteiger partial charge in [0.25, 0.3) is 17.7 Å². The Hall–Kier alpha value is -4.16. The van der Waals surface area contributed by atoms with Crippen molar-refractivity contribution in [2.75, 3.05) is 30.0 Å². The van der Waals surface area contributed by atoms with Crippen molar-refractivity contribution >= 4 is 73.1 Å². The number of halogens is 2. The summed E-state index contributed by atoms with van der Waals surface area (Å²) in [7, 11) is 0. The molecule has 3 aromatic carbocycles. The van der Waals surface area contributed by atoms with E-state index in [1.807, 2.05) is 39.0 Å². The van der Waals surface area contributed by atoms with E-state index in [0.717, 1.165) is 22.4 Å². The first-order valence-electron chi connectivity index (χ1n) is 13.8. The third-order valence-electron chi connectivity index (χ3n) is 6.40. The topological polar surface area (TPSA) is 123 Å². The highest BCUT2D eigenvalue weighted by Gasteiger charge is 2.37. The molecule has 0 saturated carbocycles. The average molecular weight is 729 g/mol. The molecule has 4 rings (SSSR count). The Morgan fingerprint density at radius 3 is 2.45 bits per heavy atom. The largest absolute Gasteiger partial charge is 0.490 e. The number of carbonyl (C=O) groups is 4. The van der Waals surface area contributed by atoms with Crippen molar-refractivity contribution in [1.82, 2.24) is 5.32 Å². The summed E-state index contributed by atoms with van der Waals surface area (Å²) in [5.74, 6) is -1.08. The Labute approximate surface area is 272 Å². The fourth-order valence-electron chi connectivity index (χ4n) is 4.32. The van der Waals surface area contributed by atoms with Gasteiger partial charge in [0.15, 0.2) is 18.1 Å². The lowest BCUT2D eigenvalue weighted by Crippen LogP contribution is -2.54. The van der Waals surface area contributed by atoms with E-state index < -0.39 is 23.8 Å². The van der Waals surface area contributed by atoms with Gasteiger partial charge in [0.2, 0.25) is 0 Å². The van der Waals surface area contributed by atoms with Crippen molar-refractivity contribution in [2.24, 2.45) is 0 Å². The fraction of sp³-hybridized carbons (Fsp3) is 0.250. The van der Waals surface area contributed by atoms with Crippen LogP contribution < -0.4 is 29.7 Å². The molecule has 44 heavy (non-hydrogen) atoms. The summed E-state index contributed by atoms with van der Waals surface area (Å²) in [5.41, 5.74) is 2.75. The van der Waals surface area contributed by atoms with Crippen LogP contribution in [0, 0.1) is 13.8 Å². The van der Waals surface area contributed by atoms with Gasteiger partial charge in [-0.2, -0.15) is 0 Å². The zero-order valence-electron chi connectivity index (χ0n) is 24.6. The summed E-state index contributed by atoms with van der Waals surface area (Å²) >= 11 is 6.86. The molecule has 3 aromatic rings. The number of nitrogens with zero attached hydrogens (tertiary/aromatic N) is 1. The Balaban J connectivity index is 1.64. The maximum absolute atomic E-state index is 13.7. The number of barbiturate groups is 1. The molecule has 12 heteroatoms. The molecule has 0 bridgehead atoms. The van der Waals surface area contributed by atoms with Crippen molar-refractivity contribution in [1.29, 1.82) is 0 Å². The van der Waals surface area contributed by atoms with E-state index in [9.17, 15) is 19.2 Å². The van der Waals surface area contributed by atoms with Gasteiger partial charge in [0.1, 0.15) is 11.3 Å². The van der Waals surface area contributed by atoms with Crippen molar-refractivity contribution in [3.8, 4) is 17.2 Å². The minimum atomic E-state index is -0.906. The van der Waals surface area contributed by atoms with Crippen LogP contribution in [-0.4, -0.2) is 43.6 Å². The Bertz CT molecular complexity index is 1650. The minimum absolute atomic E-state index is 0.188. The average Bonchev–Trinajstić information content (AvgIpc) is 2.96. The summed E-state index contributed by atoms with van der Waals surface area (Å²) in [5, 5.41) is 5.06. The van der Waals surface area contributed by atoms with E-state index in [-0.39, 0.29) is 23.6 Å². The van der Waals surface area contributed by atoms with Crippen LogP contribution >= 0.6 is 31.9 Å². The maximum Gasteiger partial charge on any atom is 0.335 e. The number of rotatable bonds is 11. The number of ether oxygens (including phenoxy) is 3. The SMILES string of the molecule is CCCOc1ccc(N2C(=O)NC(=O)/C(=C\c3cc(Br)cc(Br)c3OCC(=O)Nc3cc(C)ccc3C)C2=O)cc1OCC. The smallest absolute Gasteiger partial charge is 0.335 e. The molecule has 1 heterocycles. The first-order valence-corrected chi connectivity index (χ1v) is 15.4. The predicted molar refractivity (Wildman–Crippen MR) is 174 cm³/mol. The molecule has 0 atom stereocenters. The highest BCUT2D eigenvalue weighted by atomic mass is 79.9. The van der Waals surface area contributed by atoms with Crippen LogP contribution in [-0.2, 0) is 14.4 Å². The second-order valence-electron chi connectivity index (χ2n) is 9.83. The Kier molecular flexibility index (Phi) is 10.8. The normalized spacial score (nSPS) is 14.0. The van der Waals surface area contributed by atoms with Crippen molar-refractivity contribution in [3.05, 3.63) is 79.7 Å². The fourth-order valence-corrected chi connectivity index (χ4v) is 5.69. The van der Waals surface area contributed by atoms with Crippen LogP contribution in [0.3, 0.4) is 0 Å². The van der Waals surface area contributed by atoms with Crippen LogP contribution in [0.4, 0.5) is 16.2 Å². The second-order valence-corrected chi connectivity index (χ2v) is 11.6. The van der Waals surface area contributed by atoms with Gasteiger partial charge >= 0.3 is 6.03 Å². The van der Waals surface area contributed by atoms with Crippen LogP contribution in [0.2, 0.25) is 0 Å². The summed E-state index contributed by atoms with van der Waals surface area (Å²) in [6, 6.07) is 12.8. The molecular formula is C32H31Br2N3O7. The number of imide groups is 2. The van der Waals surface area contributed by atoms with Gasteiger partial charge in [-0.25, -0.2) is 9.69 Å². The quantitative estimate of drug-likeness (QED) is 0.166. The molecule has 0 aliphatic carbocycles. The zero-order valence-corrected chi connectivity index (χ0v) is 27.8. The second kappa shape index (κ2) is 14.5. The molecule has 1 fully saturated rings. The molecule has 1 saturated heterocycles. The number of anilines is 2. The van der Waals surface area contributed by atoms with Crippen molar-refractivity contribution < 1.29 is 33.4 Å². The molecule has 0 spiro atoms. The molecule has 230 valence electrons. The summed E-state index contributed by atoms with van der Waals surface area (Å²) in [6.45, 7) is 8.04. The lowest BCUT2D eigenvalue weighted by Gasteiger charge is -2.27. The van der Waals surface area contributed by atoms with E-state index in [4.69, 9.17) is 14.2 Å². The van der Waals surface area contributed by atoms with Gasteiger partial charge in [-0.1, -0.05) is 35.0 Å². The molecule has 10 nitrogen and oxygen atoms in total. The minimum Gasteiger partial charge on any atom is -0.490 e. The van der Waals surface area contributed by atoms with Gasteiger partial charge in [-0.3, -0.25) is 19.7 Å². The highest BCUT2D eigenvalue weighted by molar-refractivity contribution is 9.11. The van der Waals surface area contributed by atoms with E-state index in [1.54, 1.807) is 25.1 Å². The Morgan fingerprint density at radius 2 is 1.73 bits per heavy atom. The number of nitrogens with one attached hydrogen (secondary N) is 2. The summed E-state index contributed by atoms with van der Waals surface area (Å²) in [6.07, 6.45) is 2.10. The van der Waals surface area contributed by atoms with E-state index >= 15 is 0 Å². The number of benzene rings is 3. The molecule has 1 aliphatic rings. The number of urea groups is 1. The Morgan fingerprint density at radius 1 is 0.955 bits per heavy atom. The molecule has 0 aromatic heterocycles. The third kappa shape index (κ3) is 7.67. The first-order chi connectivity index (χ1) is 21.0. The summed E-state index contributed by atoms with van der Waals surface area (Å²) < 4.78 is 18.4. The lowest BCUT2D eigenvalue weighted by molar-refractivity contribution is -0.122. The molecule has 1 aliphatic heterocycles. The van der Waals surface area contributed by atoms with Crippen molar-refractivity contribution in [2.45, 2.75) is 34.1 Å². The highest BCUT2D eigenvalue weighted by Crippen LogP contribution is 2.37. The van der Waals surface area contributed by atoms with Gasteiger partial charge < -0.3 is 19.5 Å². The van der Waals surface area contributed by atoms with Gasteiger partial charge in [0, 0.05) is 21.8 Å². The summed E-state index contributed by atoms with van der Waals surface area (Å²) in [4.78, 5) is 53.1. The number of aryl methyl sites for hydroxylation is 2. The number of hydrogen-bond donors (Lipinski definition) is 2. The van der Waals surface area contributed by atoms with Crippen LogP contribution in [0.15, 0.2) is 63.0 Å². The van der Waals surface area contributed by atoms with Crippen LogP contribution in [0.5, 0.6) is 17.2 Å². The monoisotopic (exact) mass is 727 g/mol. The third-order valence-corrected chi connectivity index (χ3v) is 7.45. The van der Waals surface area contributed by atoms with Gasteiger partial charge in [-0.15, -0.1) is 0 Å². The molecule has 0 unspecified atom stereocenters. The first kappa shape index (κ1) is 32.7. The standard InChI is InChI=1S/C32H31Br2N3O7/c1-5-11-43-26-10-9-22(16-27(26)42-6-2)37-31(40)23(30(39)36-32(37)41)14-20-13-21(33)15-24(34)29(20)44-17-28(38)35-25-12-18(3)7-8-19(25)4/h7-10,12-16H,5-6,11,17H2,1-4H3,(H,35,38)(H,36,39,41)/b23-14+. The predicted octanol–water partition coefficient (Wildman–Crippen LogP) is 6.70. The lowest BCUT2D eigenvalue weighted by atomic mass is 10.1. The number of amides is 5. The number of carbonyl (C=O) groups excluding carboxylic acids is 4. The van der Waals surface area contributed by atoms with Gasteiger partial charge in [-0.05, 0) is 90.7 Å².